The Kier molecular flexibility index (Phi) is 9.87. The second-order valence-corrected chi connectivity index (χ2v) is 16.6. The van der Waals surface area contributed by atoms with Crippen molar-refractivity contribution in [1.82, 2.24) is 0 Å². The second-order valence-electron chi connectivity index (χ2n) is 12.8. The van der Waals surface area contributed by atoms with E-state index in [1.807, 2.05) is 67.6 Å². The predicted molar refractivity (Wildman–Crippen MR) is 216 cm³/mol. The fourth-order valence-corrected chi connectivity index (χ4v) is 11.7. The second kappa shape index (κ2) is 15.1. The number of para-hydroxylation sites is 1. The summed E-state index contributed by atoms with van der Waals surface area (Å²) in [5, 5.41) is 25.1. The van der Waals surface area contributed by atoms with Gasteiger partial charge in [-0.25, -0.2) is 0 Å². The zero-order valence-corrected chi connectivity index (χ0v) is 29.8. The number of allylic oxidation sites excluding steroid dienone is 7. The van der Waals surface area contributed by atoms with Crippen molar-refractivity contribution >= 4 is 46.6 Å². The zero-order valence-electron chi connectivity index (χ0n) is 28.8. The number of hydrogen-bond donors (Lipinski definition) is 1. The van der Waals surface area contributed by atoms with Gasteiger partial charge in [-0.1, -0.05) is 140 Å². The van der Waals surface area contributed by atoms with Crippen LogP contribution in [-0.2, 0) is 0 Å². The Morgan fingerprint density at radius 3 is 1.82 bits per heavy atom. The van der Waals surface area contributed by atoms with Crippen LogP contribution in [0.1, 0.15) is 31.4 Å². The molecular weight excluding hydrogens is 639 g/mol. The van der Waals surface area contributed by atoms with Crippen molar-refractivity contribution in [2.45, 2.75) is 20.3 Å². The maximum absolute atomic E-state index is 11.1. The van der Waals surface area contributed by atoms with Gasteiger partial charge in [0.05, 0.1) is 11.4 Å². The average molecular weight is 678 g/mol. The van der Waals surface area contributed by atoms with Gasteiger partial charge in [-0.3, -0.25) is 0 Å². The Hall–Kier alpha value is -6.22. The molecule has 7 rings (SSSR count). The van der Waals surface area contributed by atoms with Crippen molar-refractivity contribution in [3.63, 3.8) is 0 Å². The molecule has 0 heterocycles. The summed E-state index contributed by atoms with van der Waals surface area (Å²) in [7, 11) is -2.63. The van der Waals surface area contributed by atoms with Crippen LogP contribution in [0.25, 0.3) is 0 Å². The maximum atomic E-state index is 11.1. The van der Waals surface area contributed by atoms with Gasteiger partial charge < -0.3 is 10.0 Å². The van der Waals surface area contributed by atoms with E-state index >= 15 is 0 Å². The topological polar surface area (TPSA) is 48.2 Å². The van der Waals surface area contributed by atoms with E-state index in [0.29, 0.717) is 17.2 Å². The third-order valence-corrected chi connectivity index (χ3v) is 14.3. The molecule has 1 N–H and O–H groups in total. The molecule has 5 aromatic carbocycles. The summed E-state index contributed by atoms with van der Waals surface area (Å²) >= 11 is 0. The first-order valence-corrected chi connectivity index (χ1v) is 19.3. The third-order valence-electron chi connectivity index (χ3n) is 9.49. The number of aliphatic hydroxyl groups excluding tert-OH is 1. The Morgan fingerprint density at radius 2 is 1.25 bits per heavy atom. The van der Waals surface area contributed by atoms with Crippen molar-refractivity contribution < 1.29 is 5.11 Å². The molecule has 2 aliphatic carbocycles. The van der Waals surface area contributed by atoms with Crippen LogP contribution in [0.15, 0.2) is 209 Å². The Labute approximate surface area is 301 Å². The van der Waals surface area contributed by atoms with Crippen LogP contribution in [0.4, 0.5) is 11.4 Å². The van der Waals surface area contributed by atoms with Crippen molar-refractivity contribution in [2.75, 3.05) is 4.90 Å². The highest BCUT2D eigenvalue weighted by molar-refractivity contribution is 7.16. The minimum Gasteiger partial charge on any atom is -0.492 e. The molecule has 2 aliphatic rings. The smallest absolute Gasteiger partial charge is 0.238 e. The summed E-state index contributed by atoms with van der Waals surface area (Å²) in [6.07, 6.45) is 13.9. The summed E-state index contributed by atoms with van der Waals surface area (Å²) in [6.45, 7) is 4.16. The van der Waals surface area contributed by atoms with Crippen molar-refractivity contribution in [3.05, 3.63) is 209 Å². The van der Waals surface area contributed by atoms with E-state index in [1.54, 1.807) is 0 Å². The molecule has 0 aromatic heterocycles. The monoisotopic (exact) mass is 677 g/mol. The van der Waals surface area contributed by atoms with Gasteiger partial charge in [-0.2, -0.15) is 5.10 Å². The summed E-state index contributed by atoms with van der Waals surface area (Å²) in [5.41, 5.74) is 11.3. The molecule has 0 amide bonds. The largest absolute Gasteiger partial charge is 0.492 e. The van der Waals surface area contributed by atoms with Crippen LogP contribution in [-0.4, -0.2) is 24.8 Å². The molecule has 5 aromatic rings. The quantitative estimate of drug-likeness (QED) is 0.0401. The van der Waals surface area contributed by atoms with Gasteiger partial charge in [0.1, 0.15) is 0 Å². The summed E-state index contributed by atoms with van der Waals surface area (Å²) in [5.74, 6) is 0.391. The number of hydrogen-bond acceptors (Lipinski definition) is 3. The SMILES string of the molecule is C/C(=N\N=C(/O)c1ccc([Si](C2=CCC(C)C=C2)(c2ccccc2)c2ccccc2)cc1)c1ccc(N(C2=CC=C=C=C2)c2ccccc2)cc1. The lowest BCUT2D eigenvalue weighted by Gasteiger charge is -2.36. The molecule has 0 saturated carbocycles. The fourth-order valence-electron chi connectivity index (χ4n) is 6.84. The van der Waals surface area contributed by atoms with Crippen molar-refractivity contribution in [2.24, 2.45) is 16.1 Å². The normalized spacial score (nSPS) is 15.8. The van der Waals surface area contributed by atoms with E-state index in [0.717, 1.165) is 29.1 Å². The molecule has 1 unspecified atom stereocenters. The van der Waals surface area contributed by atoms with Crippen molar-refractivity contribution in [3.8, 4) is 0 Å². The first kappa shape index (κ1) is 33.3. The number of aliphatic hydroxyl groups is 1. The van der Waals surface area contributed by atoms with Gasteiger partial charge in [0.15, 0.2) is 8.07 Å². The minimum absolute atomic E-state index is 0.123. The predicted octanol–water partition coefficient (Wildman–Crippen LogP) is 8.85. The van der Waals surface area contributed by atoms with Crippen LogP contribution in [0.5, 0.6) is 0 Å². The number of rotatable bonds is 10. The van der Waals surface area contributed by atoms with E-state index in [9.17, 15) is 5.11 Å². The van der Waals surface area contributed by atoms with Gasteiger partial charge in [0, 0.05) is 23.0 Å². The van der Waals surface area contributed by atoms with Crippen LogP contribution in [0.2, 0.25) is 0 Å². The van der Waals surface area contributed by atoms with Gasteiger partial charge in [0.2, 0.25) is 5.90 Å². The highest BCUT2D eigenvalue weighted by atomic mass is 28.3. The van der Waals surface area contributed by atoms with Gasteiger partial charge in [-0.05, 0) is 94.1 Å². The first-order chi connectivity index (χ1) is 25.0. The van der Waals surface area contributed by atoms with E-state index in [-0.39, 0.29) is 5.90 Å². The molecule has 0 radical (unpaired) electrons. The molecule has 51 heavy (non-hydrogen) atoms. The van der Waals surface area contributed by atoms with E-state index in [2.05, 4.69) is 149 Å². The third kappa shape index (κ3) is 6.96. The number of nitrogens with zero attached hydrogens (tertiary/aromatic N) is 3. The van der Waals surface area contributed by atoms with Crippen molar-refractivity contribution in [1.29, 1.82) is 0 Å². The molecular formula is C46H39N3OSi. The number of benzene rings is 5. The summed E-state index contributed by atoms with van der Waals surface area (Å²) in [6, 6.07) is 48.4. The van der Waals surface area contributed by atoms with E-state index < -0.39 is 8.07 Å². The fraction of sp³-hybridized carbons (Fsp3) is 0.0870. The summed E-state index contributed by atoms with van der Waals surface area (Å²) in [4.78, 5) is 2.17. The average Bonchev–Trinajstić information content (AvgIpc) is 3.20. The molecule has 248 valence electrons. The lowest BCUT2D eigenvalue weighted by molar-refractivity contribution is 0.551. The maximum Gasteiger partial charge on any atom is 0.238 e. The lowest BCUT2D eigenvalue weighted by atomic mass is 10.0. The van der Waals surface area contributed by atoms with Gasteiger partial charge in [-0.15, -0.1) is 5.10 Å². The van der Waals surface area contributed by atoms with Crippen LogP contribution in [0, 0.1) is 5.92 Å². The highest BCUT2D eigenvalue weighted by Gasteiger charge is 2.42. The Morgan fingerprint density at radius 1 is 0.686 bits per heavy atom. The highest BCUT2D eigenvalue weighted by Crippen LogP contribution is 2.31. The van der Waals surface area contributed by atoms with E-state index in [4.69, 9.17) is 0 Å². The molecule has 0 aliphatic heterocycles. The Bertz CT molecular complexity index is 2210. The molecule has 0 saturated heterocycles. The molecule has 5 heteroatoms. The van der Waals surface area contributed by atoms with E-state index in [1.165, 1.54) is 20.8 Å². The first-order valence-electron chi connectivity index (χ1n) is 17.3. The van der Waals surface area contributed by atoms with Crippen LogP contribution in [0.3, 0.4) is 0 Å². The van der Waals surface area contributed by atoms with Crippen LogP contribution >= 0.6 is 0 Å². The minimum atomic E-state index is -2.63. The molecule has 4 nitrogen and oxygen atoms in total. The molecule has 0 bridgehead atoms. The molecule has 0 spiro atoms. The lowest BCUT2D eigenvalue weighted by Crippen LogP contribution is -2.68. The van der Waals surface area contributed by atoms with Gasteiger partial charge in [0.25, 0.3) is 0 Å². The standard InChI is InChI=1S/C46H39N3OSi/c1-35-23-31-44(32-24-35)51(42-19-11-5-12-20-42,43-21-13-6-14-22-43)45-33-27-38(28-34-45)46(50)48-47-36(2)37-25-29-41(30-26-37)49(39-15-7-3-8-16-39)40-17-9-4-10-18-40/h3,5-9,11-23,25-35H,24H2,1-2H3,(H,48,50)/b47-36+. The molecule has 0 fully saturated rings. The zero-order chi connectivity index (χ0) is 35.0. The summed E-state index contributed by atoms with van der Waals surface area (Å²) < 4.78 is 0. The Balaban J connectivity index is 1.18. The molecule has 1 atom stereocenters. The van der Waals surface area contributed by atoms with Gasteiger partial charge >= 0.3 is 0 Å². The van der Waals surface area contributed by atoms with Crippen LogP contribution < -0.4 is 20.5 Å². The number of anilines is 2.